The first-order valence-corrected chi connectivity index (χ1v) is 4.23. The lowest BCUT2D eigenvalue weighted by Gasteiger charge is -2.08. The van der Waals surface area contributed by atoms with Crippen LogP contribution in [-0.2, 0) is 4.79 Å². The molecule has 0 aliphatic rings. The van der Waals surface area contributed by atoms with Gasteiger partial charge in [0.2, 0.25) is 0 Å². The van der Waals surface area contributed by atoms with Gasteiger partial charge in [-0.2, -0.15) is 0 Å². The molecule has 0 heterocycles. The first-order chi connectivity index (χ1) is 6.74. The van der Waals surface area contributed by atoms with Crippen LogP contribution in [0.1, 0.15) is 39.1 Å². The number of benzene rings is 1. The van der Waals surface area contributed by atoms with Crippen molar-refractivity contribution < 1.29 is 14.4 Å². The molecule has 0 N–H and O–H groups in total. The van der Waals surface area contributed by atoms with Gasteiger partial charge in [-0.25, -0.2) is 0 Å². The van der Waals surface area contributed by atoms with Crippen LogP contribution in [0.2, 0.25) is 0 Å². The van der Waals surface area contributed by atoms with E-state index in [2.05, 4.69) is 0 Å². The minimum atomic E-state index is -0.366. The predicted molar refractivity (Wildman–Crippen MR) is 51.7 cm³/mol. The minimum Gasteiger partial charge on any atom is -0.303 e. The van der Waals surface area contributed by atoms with Gasteiger partial charge in [0.25, 0.3) is 0 Å². The van der Waals surface area contributed by atoms with E-state index in [1.165, 1.54) is 0 Å². The van der Waals surface area contributed by atoms with Crippen molar-refractivity contribution in [2.24, 2.45) is 0 Å². The Morgan fingerprint density at radius 3 is 2.36 bits per heavy atom. The average Bonchev–Trinajstić information content (AvgIpc) is 2.26. The van der Waals surface area contributed by atoms with Crippen molar-refractivity contribution in [2.75, 3.05) is 0 Å². The van der Waals surface area contributed by atoms with E-state index >= 15 is 0 Å². The fourth-order valence-electron chi connectivity index (χ4n) is 1.31. The van der Waals surface area contributed by atoms with Crippen molar-refractivity contribution in [2.45, 2.75) is 12.8 Å². The van der Waals surface area contributed by atoms with E-state index < -0.39 is 0 Å². The summed E-state index contributed by atoms with van der Waals surface area (Å²) in [6.07, 6.45) is 1.97. The molecule has 0 aliphatic carbocycles. The Kier molecular flexibility index (Phi) is 3.29. The van der Waals surface area contributed by atoms with Crippen molar-refractivity contribution in [3.63, 3.8) is 0 Å². The molecule has 0 aliphatic heterocycles. The zero-order chi connectivity index (χ0) is 10.6. The molecular formula is C11H10O3. The van der Waals surface area contributed by atoms with Crippen LogP contribution < -0.4 is 0 Å². The molecule has 1 aromatic carbocycles. The molecule has 0 bridgehead atoms. The molecule has 0 radical (unpaired) electrons. The second-order valence-electron chi connectivity index (χ2n) is 3.01. The molecule has 3 heteroatoms. The normalized spacial score (nSPS) is 11.8. The highest BCUT2D eigenvalue weighted by Crippen LogP contribution is 2.19. The summed E-state index contributed by atoms with van der Waals surface area (Å²) < 4.78 is 0. The molecule has 0 aromatic heterocycles. The lowest BCUT2D eigenvalue weighted by molar-refractivity contribution is -0.108. The first-order valence-electron chi connectivity index (χ1n) is 4.23. The molecule has 1 unspecified atom stereocenters. The summed E-state index contributed by atoms with van der Waals surface area (Å²) in [4.78, 5) is 31.9. The van der Waals surface area contributed by atoms with E-state index in [9.17, 15) is 14.4 Å². The zero-order valence-electron chi connectivity index (χ0n) is 7.77. The minimum absolute atomic E-state index is 0.308. The molecule has 1 rings (SSSR count). The fraction of sp³-hybridized carbons (Fsp3) is 0.182. The van der Waals surface area contributed by atoms with Gasteiger partial charge in [0.05, 0.1) is 0 Å². The van der Waals surface area contributed by atoms with E-state index in [0.717, 1.165) is 6.29 Å². The van der Waals surface area contributed by atoms with Crippen molar-refractivity contribution in [3.05, 3.63) is 34.9 Å². The summed E-state index contributed by atoms with van der Waals surface area (Å²) in [5, 5.41) is 0. The molecular weight excluding hydrogens is 180 g/mol. The van der Waals surface area contributed by atoms with Crippen LogP contribution in [0.5, 0.6) is 0 Å². The smallest absolute Gasteiger partial charge is 0.151 e. The fourth-order valence-corrected chi connectivity index (χ4v) is 1.31. The molecule has 0 amide bonds. The summed E-state index contributed by atoms with van der Waals surface area (Å²) in [5.41, 5.74) is 1.23. The number of carbonyl (C=O) groups is 3. The van der Waals surface area contributed by atoms with Gasteiger partial charge in [0, 0.05) is 17.0 Å². The van der Waals surface area contributed by atoms with Gasteiger partial charge in [-0.15, -0.1) is 0 Å². The van der Waals surface area contributed by atoms with Crippen molar-refractivity contribution in [1.82, 2.24) is 0 Å². The van der Waals surface area contributed by atoms with Gasteiger partial charge in [-0.05, 0) is 5.56 Å². The number of hydrogen-bond acceptors (Lipinski definition) is 3. The van der Waals surface area contributed by atoms with Gasteiger partial charge in [-0.3, -0.25) is 9.59 Å². The van der Waals surface area contributed by atoms with Crippen LogP contribution in [0, 0.1) is 0 Å². The van der Waals surface area contributed by atoms with E-state index in [4.69, 9.17) is 0 Å². The Hall–Kier alpha value is -1.77. The Labute approximate surface area is 81.7 Å². The second kappa shape index (κ2) is 4.46. The number of carbonyl (C=O) groups excluding carboxylic acids is 3. The third-order valence-corrected chi connectivity index (χ3v) is 2.11. The summed E-state index contributed by atoms with van der Waals surface area (Å²) in [5.74, 6) is -0.366. The van der Waals surface area contributed by atoms with Crippen LogP contribution in [0.3, 0.4) is 0 Å². The molecule has 3 nitrogen and oxygen atoms in total. The van der Waals surface area contributed by atoms with E-state index in [-0.39, 0.29) is 5.92 Å². The third-order valence-electron chi connectivity index (χ3n) is 2.11. The molecule has 0 saturated heterocycles. The Morgan fingerprint density at radius 2 is 1.86 bits per heavy atom. The lowest BCUT2D eigenvalue weighted by atomic mass is 9.94. The molecule has 72 valence electrons. The number of rotatable bonds is 4. The molecule has 1 aromatic rings. The van der Waals surface area contributed by atoms with Crippen LogP contribution in [-0.4, -0.2) is 18.9 Å². The van der Waals surface area contributed by atoms with Crippen LogP contribution in [0.15, 0.2) is 18.2 Å². The van der Waals surface area contributed by atoms with Gasteiger partial charge in [-0.1, -0.05) is 25.1 Å². The highest BCUT2D eigenvalue weighted by atomic mass is 16.1. The average molecular weight is 190 g/mol. The Balaban J connectivity index is 3.35. The Bertz CT molecular complexity index is 369. The van der Waals surface area contributed by atoms with Gasteiger partial charge in [0.1, 0.15) is 6.29 Å². The standard InChI is InChI=1S/C11H10O3/c1-8(5-12)10-4-2-3-9(6-13)11(10)7-14/h2-8H,1H3. The molecule has 0 saturated carbocycles. The van der Waals surface area contributed by atoms with E-state index in [1.54, 1.807) is 25.1 Å². The van der Waals surface area contributed by atoms with Crippen LogP contribution in [0.25, 0.3) is 0 Å². The van der Waals surface area contributed by atoms with Crippen LogP contribution in [0.4, 0.5) is 0 Å². The largest absolute Gasteiger partial charge is 0.303 e. The number of aldehydes is 3. The second-order valence-corrected chi connectivity index (χ2v) is 3.01. The maximum atomic E-state index is 10.8. The van der Waals surface area contributed by atoms with Crippen molar-refractivity contribution in [1.29, 1.82) is 0 Å². The highest BCUT2D eigenvalue weighted by Gasteiger charge is 2.11. The van der Waals surface area contributed by atoms with Crippen LogP contribution >= 0.6 is 0 Å². The topological polar surface area (TPSA) is 51.2 Å². The third kappa shape index (κ3) is 1.76. The van der Waals surface area contributed by atoms with E-state index in [0.29, 0.717) is 29.3 Å². The summed E-state index contributed by atoms with van der Waals surface area (Å²) in [7, 11) is 0. The zero-order valence-corrected chi connectivity index (χ0v) is 7.77. The molecule has 0 spiro atoms. The van der Waals surface area contributed by atoms with Crippen molar-refractivity contribution >= 4 is 18.9 Å². The molecule has 14 heavy (non-hydrogen) atoms. The van der Waals surface area contributed by atoms with Gasteiger partial charge < -0.3 is 4.79 Å². The Morgan fingerprint density at radius 1 is 1.14 bits per heavy atom. The number of hydrogen-bond donors (Lipinski definition) is 0. The summed E-state index contributed by atoms with van der Waals surface area (Å²) >= 11 is 0. The van der Waals surface area contributed by atoms with Crippen molar-refractivity contribution in [3.8, 4) is 0 Å². The quantitative estimate of drug-likeness (QED) is 0.678. The SMILES string of the molecule is CC(C=O)c1cccc(C=O)c1C=O. The van der Waals surface area contributed by atoms with Gasteiger partial charge in [0.15, 0.2) is 12.6 Å². The molecule has 0 fully saturated rings. The molecule has 1 atom stereocenters. The van der Waals surface area contributed by atoms with E-state index in [1.807, 2.05) is 0 Å². The summed E-state index contributed by atoms with van der Waals surface area (Å²) in [6, 6.07) is 4.89. The maximum absolute atomic E-state index is 10.8. The first kappa shape index (κ1) is 10.3. The summed E-state index contributed by atoms with van der Waals surface area (Å²) in [6.45, 7) is 1.68. The lowest BCUT2D eigenvalue weighted by Crippen LogP contribution is -2.03. The monoisotopic (exact) mass is 190 g/mol. The predicted octanol–water partition coefficient (Wildman–Crippen LogP) is 1.61. The van der Waals surface area contributed by atoms with Gasteiger partial charge >= 0.3 is 0 Å². The maximum Gasteiger partial charge on any atom is 0.151 e. The highest BCUT2D eigenvalue weighted by molar-refractivity contribution is 5.92.